The van der Waals surface area contributed by atoms with E-state index in [0.717, 1.165) is 84.2 Å². The maximum absolute atomic E-state index is 12.4. The fourth-order valence-corrected chi connectivity index (χ4v) is 5.36. The second kappa shape index (κ2) is 34.9. The summed E-state index contributed by atoms with van der Waals surface area (Å²) < 4.78 is 31.8. The van der Waals surface area contributed by atoms with Crippen molar-refractivity contribution < 1.29 is 37.6 Å². The van der Waals surface area contributed by atoms with Gasteiger partial charge in [-0.2, -0.15) is 0 Å². The van der Waals surface area contributed by atoms with Crippen LogP contribution in [-0.4, -0.2) is 43.3 Å². The molecule has 0 bridgehead atoms. The lowest BCUT2D eigenvalue weighted by atomic mass is 10.1. The second-order valence-electron chi connectivity index (χ2n) is 12.3. The van der Waals surface area contributed by atoms with Gasteiger partial charge in [0.2, 0.25) is 0 Å². The number of allylic oxidation sites excluding steroid dienone is 8. The van der Waals surface area contributed by atoms with Crippen LogP contribution in [0.5, 0.6) is 0 Å². The first-order valence-corrected chi connectivity index (χ1v) is 20.3. The van der Waals surface area contributed by atoms with Crippen LogP contribution in [0.4, 0.5) is 0 Å². The van der Waals surface area contributed by atoms with Gasteiger partial charge < -0.3 is 14.4 Å². The van der Waals surface area contributed by atoms with Crippen LogP contribution < -0.4 is 0 Å². The molecule has 0 aliphatic carbocycles. The van der Waals surface area contributed by atoms with E-state index >= 15 is 0 Å². The Hall–Kier alpha value is -1.99. The second-order valence-corrected chi connectivity index (χ2v) is 13.9. The molecule has 0 aromatic rings. The van der Waals surface area contributed by atoms with Gasteiger partial charge in [0.05, 0.1) is 6.61 Å². The van der Waals surface area contributed by atoms with Gasteiger partial charge in [-0.05, 0) is 70.6 Å². The molecule has 2 unspecified atom stereocenters. The molecule has 0 aliphatic heterocycles. The van der Waals surface area contributed by atoms with Crippen molar-refractivity contribution in [1.29, 1.82) is 0 Å². The summed E-state index contributed by atoms with van der Waals surface area (Å²) in [7, 11) is -3.22. The van der Waals surface area contributed by atoms with Gasteiger partial charge in [0.1, 0.15) is 6.61 Å². The minimum Gasteiger partial charge on any atom is -0.462 e. The third-order valence-electron chi connectivity index (χ3n) is 7.81. The van der Waals surface area contributed by atoms with E-state index in [-0.39, 0.29) is 25.4 Å². The normalized spacial score (nSPS) is 14.0. The largest absolute Gasteiger partial charge is 0.472 e. The molecule has 2 atom stereocenters. The van der Waals surface area contributed by atoms with Crippen LogP contribution in [0.2, 0.25) is 0 Å². The first-order chi connectivity index (χ1) is 23.3. The zero-order valence-electron chi connectivity index (χ0n) is 30.6. The number of carbonyl (C=O) groups excluding carboxylic acids is 2. The molecule has 9 heteroatoms. The van der Waals surface area contributed by atoms with E-state index in [4.69, 9.17) is 14.0 Å². The van der Waals surface area contributed by atoms with Gasteiger partial charge in [-0.15, -0.1) is 0 Å². The molecule has 0 saturated carbocycles. The van der Waals surface area contributed by atoms with Crippen LogP contribution in [0.1, 0.15) is 162 Å². The quantitative estimate of drug-likeness (QED) is 0.0306. The van der Waals surface area contributed by atoms with Crippen molar-refractivity contribution in [1.82, 2.24) is 0 Å². The smallest absolute Gasteiger partial charge is 0.462 e. The molecule has 0 radical (unpaired) electrons. The molecule has 1 N–H and O–H groups in total. The Morgan fingerprint density at radius 1 is 0.604 bits per heavy atom. The van der Waals surface area contributed by atoms with Crippen molar-refractivity contribution in [3.8, 4) is 0 Å². The van der Waals surface area contributed by atoms with E-state index < -0.39 is 26.5 Å². The fourth-order valence-electron chi connectivity index (χ4n) is 4.90. The lowest BCUT2D eigenvalue weighted by Gasteiger charge is -2.19. The van der Waals surface area contributed by atoms with Gasteiger partial charge >= 0.3 is 19.8 Å². The Kier molecular flexibility index (Phi) is 33.4. The van der Waals surface area contributed by atoms with Crippen molar-refractivity contribution in [2.45, 2.75) is 168 Å². The Balaban J connectivity index is 4.11. The number of phosphoric acid groups is 1. The van der Waals surface area contributed by atoms with Crippen molar-refractivity contribution >= 4 is 19.8 Å². The Bertz CT molecular complexity index is 927. The fraction of sp³-hybridized carbons (Fsp3) is 0.744. The third kappa shape index (κ3) is 33.9. The van der Waals surface area contributed by atoms with Gasteiger partial charge in [-0.1, -0.05) is 127 Å². The molecule has 0 heterocycles. The number of hydrogen-bond donors (Lipinski definition) is 1. The molecule has 0 amide bonds. The zero-order valence-corrected chi connectivity index (χ0v) is 31.5. The van der Waals surface area contributed by atoms with Crippen molar-refractivity contribution in [2.75, 3.05) is 20.3 Å². The average molecular weight is 697 g/mol. The highest BCUT2D eigenvalue weighted by molar-refractivity contribution is 7.47. The van der Waals surface area contributed by atoms with Gasteiger partial charge in [0.25, 0.3) is 0 Å². The Morgan fingerprint density at radius 2 is 1.06 bits per heavy atom. The first-order valence-electron chi connectivity index (χ1n) is 18.8. The lowest BCUT2D eigenvalue weighted by molar-refractivity contribution is -0.161. The summed E-state index contributed by atoms with van der Waals surface area (Å²) in [5, 5.41) is 0. The number of carbonyl (C=O) groups is 2. The first kappa shape index (κ1) is 46.0. The molecule has 0 spiro atoms. The summed E-state index contributed by atoms with van der Waals surface area (Å²) in [6.07, 6.45) is 40.2. The molecular formula is C39H69O8P. The van der Waals surface area contributed by atoms with Gasteiger partial charge in [-0.3, -0.25) is 18.6 Å². The summed E-state index contributed by atoms with van der Waals surface area (Å²) >= 11 is 0. The van der Waals surface area contributed by atoms with Crippen LogP contribution in [0.15, 0.2) is 48.6 Å². The van der Waals surface area contributed by atoms with E-state index in [9.17, 15) is 19.0 Å². The summed E-state index contributed by atoms with van der Waals surface area (Å²) in [4.78, 5) is 34.3. The lowest BCUT2D eigenvalue weighted by Crippen LogP contribution is -2.29. The summed E-state index contributed by atoms with van der Waals surface area (Å²) in [6, 6.07) is 0. The Morgan fingerprint density at radius 3 is 1.62 bits per heavy atom. The number of phosphoric ester groups is 1. The number of rotatable bonds is 34. The van der Waals surface area contributed by atoms with E-state index in [2.05, 4.69) is 67.0 Å². The SMILES string of the molecule is CC/C=C\C/C=C\C/C=C\CCCCCC(=O)OC(COC(=O)CCCCCCC/C=C\CCCCCCCCC)COP(=O)(O)OC. The van der Waals surface area contributed by atoms with Crippen LogP contribution in [-0.2, 0) is 32.7 Å². The predicted molar refractivity (Wildman–Crippen MR) is 198 cm³/mol. The summed E-state index contributed by atoms with van der Waals surface area (Å²) in [5.74, 6) is -0.851. The minimum absolute atomic E-state index is 0.207. The molecule has 48 heavy (non-hydrogen) atoms. The van der Waals surface area contributed by atoms with Crippen molar-refractivity contribution in [2.24, 2.45) is 0 Å². The van der Waals surface area contributed by atoms with E-state index in [0.29, 0.717) is 6.42 Å². The van der Waals surface area contributed by atoms with Crippen molar-refractivity contribution in [3.05, 3.63) is 48.6 Å². The van der Waals surface area contributed by atoms with Gasteiger partial charge in [-0.25, -0.2) is 4.57 Å². The molecule has 0 fully saturated rings. The van der Waals surface area contributed by atoms with Gasteiger partial charge in [0, 0.05) is 20.0 Å². The maximum Gasteiger partial charge on any atom is 0.472 e. The zero-order chi connectivity index (χ0) is 35.4. The van der Waals surface area contributed by atoms with Gasteiger partial charge in [0.15, 0.2) is 6.10 Å². The number of hydrogen-bond acceptors (Lipinski definition) is 7. The molecule has 0 rings (SSSR count). The highest BCUT2D eigenvalue weighted by Gasteiger charge is 2.24. The van der Waals surface area contributed by atoms with E-state index in [1.807, 2.05) is 0 Å². The van der Waals surface area contributed by atoms with Crippen LogP contribution in [0.3, 0.4) is 0 Å². The Labute approximate surface area is 293 Å². The number of esters is 2. The van der Waals surface area contributed by atoms with Crippen molar-refractivity contribution in [3.63, 3.8) is 0 Å². The van der Waals surface area contributed by atoms with E-state index in [1.54, 1.807) is 0 Å². The molecule has 8 nitrogen and oxygen atoms in total. The standard InChI is InChI=1S/C39H69O8P/c1-4-6-8-10-12-14-16-18-19-20-22-23-25-27-29-31-33-38(40)45-35-37(36-46-48(42,43)44-3)47-39(41)34-32-30-28-26-24-21-17-15-13-11-9-7-5-2/h7,9,13,15,19-21,24,37H,4-6,8,10-12,14,16-18,22-23,25-36H2,1-3H3,(H,42,43)/b9-7-,15-13-,20-19-,24-21-. The van der Waals surface area contributed by atoms with Crippen LogP contribution in [0.25, 0.3) is 0 Å². The molecule has 0 saturated heterocycles. The summed E-state index contributed by atoms with van der Waals surface area (Å²) in [5.41, 5.74) is 0. The monoisotopic (exact) mass is 696 g/mol. The number of ether oxygens (including phenoxy) is 2. The third-order valence-corrected chi connectivity index (χ3v) is 8.74. The summed E-state index contributed by atoms with van der Waals surface area (Å²) in [6.45, 7) is 3.72. The number of unbranched alkanes of at least 4 members (excludes halogenated alkanes) is 15. The highest BCUT2D eigenvalue weighted by atomic mass is 31.2. The topological polar surface area (TPSA) is 108 Å². The van der Waals surface area contributed by atoms with Crippen LogP contribution in [0, 0.1) is 0 Å². The van der Waals surface area contributed by atoms with E-state index in [1.165, 1.54) is 51.4 Å². The molecule has 0 aromatic heterocycles. The molecule has 0 aromatic carbocycles. The molecular weight excluding hydrogens is 627 g/mol. The highest BCUT2D eigenvalue weighted by Crippen LogP contribution is 2.42. The maximum atomic E-state index is 12.4. The average Bonchev–Trinajstić information content (AvgIpc) is 3.07. The minimum atomic E-state index is -4.27. The predicted octanol–water partition coefficient (Wildman–Crippen LogP) is 11.4. The molecule has 0 aliphatic rings. The molecule has 278 valence electrons. The van der Waals surface area contributed by atoms with Crippen LogP contribution >= 0.6 is 7.82 Å².